The van der Waals surface area contributed by atoms with Crippen LogP contribution in [-0.4, -0.2) is 17.7 Å². The Balaban J connectivity index is 1.65. The average molecular weight is 324 g/mol. The summed E-state index contributed by atoms with van der Waals surface area (Å²) in [6, 6.07) is 8.51. The molecule has 0 spiro atoms. The molecule has 5 heteroatoms. The lowest BCUT2D eigenvalue weighted by molar-refractivity contribution is -0.119. The third-order valence-electron chi connectivity index (χ3n) is 5.55. The van der Waals surface area contributed by atoms with Crippen LogP contribution in [0, 0.1) is 11.8 Å². The van der Waals surface area contributed by atoms with E-state index in [1.807, 2.05) is 6.20 Å². The van der Waals surface area contributed by atoms with Crippen molar-refractivity contribution in [3.63, 3.8) is 0 Å². The van der Waals surface area contributed by atoms with Crippen molar-refractivity contribution in [2.75, 3.05) is 0 Å². The van der Waals surface area contributed by atoms with Crippen LogP contribution in [0.5, 0.6) is 0 Å². The van der Waals surface area contributed by atoms with Crippen molar-refractivity contribution < 1.29 is 4.79 Å². The predicted molar refractivity (Wildman–Crippen MR) is 94.1 cm³/mol. The lowest BCUT2D eigenvalue weighted by Gasteiger charge is -2.34. The van der Waals surface area contributed by atoms with E-state index in [0.717, 1.165) is 29.7 Å². The Kier molecular flexibility index (Phi) is 4.10. The van der Waals surface area contributed by atoms with Gasteiger partial charge in [0, 0.05) is 25.1 Å². The molecule has 3 atom stereocenters. The Morgan fingerprint density at radius 1 is 1.17 bits per heavy atom. The normalized spacial score (nSPS) is 29.2. The molecule has 4 N–H and O–H groups in total. The second kappa shape index (κ2) is 6.40. The molecular formula is C19H24N4O. The summed E-state index contributed by atoms with van der Waals surface area (Å²) in [4.78, 5) is 11.9. The van der Waals surface area contributed by atoms with Crippen LogP contribution >= 0.6 is 0 Å². The molecule has 5 nitrogen and oxygen atoms in total. The molecule has 1 aromatic carbocycles. The lowest BCUT2D eigenvalue weighted by Crippen LogP contribution is -2.40. The standard InChI is InChI=1S/C19H24N4O/c20-10-12-5-7-13(8-6-12)19-15-4-2-1-3-14-9-17(24)22-18(14)16(15)11-21-23-19/h5-8,11,14-15,18,21H,1-4,9-10,20H2,(H,22,24)/t14-,15?,18?/m1/s1. The average Bonchev–Trinajstić information content (AvgIpc) is 2.97. The monoisotopic (exact) mass is 324 g/mol. The van der Waals surface area contributed by atoms with E-state index in [1.165, 1.54) is 18.4 Å². The van der Waals surface area contributed by atoms with Crippen molar-refractivity contribution in [2.24, 2.45) is 22.7 Å². The van der Waals surface area contributed by atoms with E-state index < -0.39 is 0 Å². The quantitative estimate of drug-likeness (QED) is 0.779. The van der Waals surface area contributed by atoms with Crippen molar-refractivity contribution in [3.05, 3.63) is 47.2 Å². The first-order valence-electron chi connectivity index (χ1n) is 8.88. The van der Waals surface area contributed by atoms with Crippen molar-refractivity contribution in [2.45, 2.75) is 44.7 Å². The number of hydrazone groups is 1. The minimum Gasteiger partial charge on any atom is -0.349 e. The van der Waals surface area contributed by atoms with Gasteiger partial charge in [0.25, 0.3) is 0 Å². The van der Waals surface area contributed by atoms with Crippen molar-refractivity contribution in [3.8, 4) is 0 Å². The summed E-state index contributed by atoms with van der Waals surface area (Å²) in [7, 11) is 0. The summed E-state index contributed by atoms with van der Waals surface area (Å²) in [5.41, 5.74) is 13.4. The van der Waals surface area contributed by atoms with Gasteiger partial charge in [-0.1, -0.05) is 37.1 Å². The van der Waals surface area contributed by atoms with Gasteiger partial charge in [0.1, 0.15) is 0 Å². The second-order valence-corrected chi connectivity index (χ2v) is 7.02. The smallest absolute Gasteiger partial charge is 0.220 e. The van der Waals surface area contributed by atoms with Crippen molar-refractivity contribution in [1.82, 2.24) is 10.7 Å². The number of benzene rings is 1. The number of carbonyl (C=O) groups excluding carboxylic acids is 1. The number of hydrogen-bond donors (Lipinski definition) is 3. The molecule has 0 radical (unpaired) electrons. The molecule has 1 amide bonds. The maximum atomic E-state index is 11.9. The van der Waals surface area contributed by atoms with Crippen LogP contribution in [-0.2, 0) is 11.3 Å². The minimum atomic E-state index is 0.157. The minimum absolute atomic E-state index is 0.157. The zero-order chi connectivity index (χ0) is 16.5. The fourth-order valence-electron chi connectivity index (χ4n) is 4.29. The fourth-order valence-corrected chi connectivity index (χ4v) is 4.29. The molecule has 2 fully saturated rings. The van der Waals surface area contributed by atoms with E-state index in [2.05, 4.69) is 40.1 Å². The van der Waals surface area contributed by atoms with Crippen LogP contribution in [0.15, 0.2) is 41.1 Å². The topological polar surface area (TPSA) is 79.5 Å². The summed E-state index contributed by atoms with van der Waals surface area (Å²) >= 11 is 0. The van der Waals surface area contributed by atoms with Crippen LogP contribution < -0.4 is 16.5 Å². The zero-order valence-electron chi connectivity index (χ0n) is 13.8. The second-order valence-electron chi connectivity index (χ2n) is 7.02. The van der Waals surface area contributed by atoms with Gasteiger partial charge in [0.05, 0.1) is 11.8 Å². The van der Waals surface area contributed by atoms with Gasteiger partial charge in [0.2, 0.25) is 5.91 Å². The molecule has 4 rings (SSSR count). The number of nitrogens with one attached hydrogen (secondary N) is 2. The molecule has 2 unspecified atom stereocenters. The molecule has 126 valence electrons. The number of fused-ring (bicyclic) bond motifs is 3. The highest BCUT2D eigenvalue weighted by Gasteiger charge is 2.40. The van der Waals surface area contributed by atoms with E-state index in [-0.39, 0.29) is 17.9 Å². The lowest BCUT2D eigenvalue weighted by atomic mass is 9.75. The van der Waals surface area contributed by atoms with Crippen molar-refractivity contribution in [1.29, 1.82) is 0 Å². The van der Waals surface area contributed by atoms with Gasteiger partial charge in [-0.15, -0.1) is 0 Å². The van der Waals surface area contributed by atoms with E-state index in [1.54, 1.807) is 0 Å². The van der Waals surface area contributed by atoms with Gasteiger partial charge in [0.15, 0.2) is 0 Å². The third kappa shape index (κ3) is 2.73. The summed E-state index contributed by atoms with van der Waals surface area (Å²) < 4.78 is 0. The van der Waals surface area contributed by atoms with Gasteiger partial charge in [-0.25, -0.2) is 0 Å². The molecule has 2 aliphatic heterocycles. The van der Waals surface area contributed by atoms with Gasteiger partial charge in [-0.2, -0.15) is 5.10 Å². The Hall–Kier alpha value is -2.14. The molecular weight excluding hydrogens is 300 g/mol. The number of rotatable bonds is 2. The highest BCUT2D eigenvalue weighted by molar-refractivity contribution is 6.04. The number of amides is 1. The molecule has 2 heterocycles. The maximum absolute atomic E-state index is 11.9. The van der Waals surface area contributed by atoms with Gasteiger partial charge in [-0.3, -0.25) is 10.2 Å². The Labute approximate surface area is 142 Å². The molecule has 1 saturated heterocycles. The summed E-state index contributed by atoms with van der Waals surface area (Å²) in [6.45, 7) is 0.551. The van der Waals surface area contributed by atoms with Crippen molar-refractivity contribution >= 4 is 11.6 Å². The molecule has 1 saturated carbocycles. The van der Waals surface area contributed by atoms with Gasteiger partial charge < -0.3 is 11.1 Å². The molecule has 0 aromatic heterocycles. The number of hydrogen-bond acceptors (Lipinski definition) is 4. The van der Waals surface area contributed by atoms with Crippen LogP contribution in [0.1, 0.15) is 43.2 Å². The Bertz CT molecular complexity index is 692. The van der Waals surface area contributed by atoms with E-state index in [0.29, 0.717) is 18.9 Å². The molecule has 3 aliphatic rings. The summed E-state index contributed by atoms with van der Waals surface area (Å²) in [6.07, 6.45) is 7.25. The highest BCUT2D eigenvalue weighted by Crippen LogP contribution is 2.38. The van der Waals surface area contributed by atoms with Crippen LogP contribution in [0.4, 0.5) is 0 Å². The predicted octanol–water partition coefficient (Wildman–Crippen LogP) is 2.03. The SMILES string of the molecule is NCc1ccc(C2=NNC=C3C2CCCC[C@@H]2CC(=O)NC32)cc1. The Morgan fingerprint density at radius 3 is 2.75 bits per heavy atom. The van der Waals surface area contributed by atoms with Crippen LogP contribution in [0.3, 0.4) is 0 Å². The largest absolute Gasteiger partial charge is 0.349 e. The number of nitrogens with two attached hydrogens (primary N) is 1. The van der Waals surface area contributed by atoms with E-state index in [4.69, 9.17) is 5.73 Å². The third-order valence-corrected chi connectivity index (χ3v) is 5.55. The molecule has 1 aliphatic carbocycles. The molecule has 0 bridgehead atoms. The first-order chi connectivity index (χ1) is 11.8. The number of carbonyl (C=O) groups is 1. The highest BCUT2D eigenvalue weighted by atomic mass is 16.2. The first-order valence-corrected chi connectivity index (χ1v) is 8.88. The van der Waals surface area contributed by atoms with Gasteiger partial charge >= 0.3 is 0 Å². The zero-order valence-corrected chi connectivity index (χ0v) is 13.8. The molecule has 24 heavy (non-hydrogen) atoms. The Morgan fingerprint density at radius 2 is 1.96 bits per heavy atom. The summed E-state index contributed by atoms with van der Waals surface area (Å²) in [5, 5.41) is 7.79. The summed E-state index contributed by atoms with van der Waals surface area (Å²) in [5.74, 6) is 0.886. The van der Waals surface area contributed by atoms with Crippen LogP contribution in [0.25, 0.3) is 0 Å². The van der Waals surface area contributed by atoms with E-state index >= 15 is 0 Å². The number of nitrogens with zero attached hydrogens (tertiary/aromatic N) is 1. The fraction of sp³-hybridized carbons (Fsp3) is 0.474. The van der Waals surface area contributed by atoms with Crippen LogP contribution in [0.2, 0.25) is 0 Å². The maximum Gasteiger partial charge on any atom is 0.220 e. The molecule has 1 aromatic rings. The van der Waals surface area contributed by atoms with Gasteiger partial charge in [-0.05, 0) is 35.5 Å². The van der Waals surface area contributed by atoms with E-state index in [9.17, 15) is 4.79 Å². The first kappa shape index (κ1) is 15.4.